The number of hydrogen-bond acceptors (Lipinski definition) is 7. The maximum atomic E-state index is 12.6. The number of nitro benzene ring substituents is 1. The van der Waals surface area contributed by atoms with E-state index in [2.05, 4.69) is 19.3 Å². The number of sulfonamides is 1. The van der Waals surface area contributed by atoms with E-state index in [-0.39, 0.29) is 11.1 Å². The predicted octanol–water partition coefficient (Wildman–Crippen LogP) is 2.96. The minimum Gasteiger partial charge on any atom is -0.493 e. The number of ether oxygens (including phenoxy) is 2. The molecular formula is C20H25N3O7S. The molecule has 2 aromatic rings. The number of benzene rings is 2. The molecule has 0 spiro atoms. The van der Waals surface area contributed by atoms with E-state index in [4.69, 9.17) is 9.47 Å². The van der Waals surface area contributed by atoms with E-state index in [9.17, 15) is 23.3 Å². The standard InChI is InChI=1S/C20H25N3O7S/c1-13(2)10-11-30-17-9-8-15(12-18(17)29-4)20(24)21-22-31(27,28)19-14(3)6-5-7-16(19)23(25)26/h5-9,12-13,22H,10-11H2,1-4H3,(H,21,24). The maximum absolute atomic E-state index is 12.6. The Labute approximate surface area is 180 Å². The van der Waals surface area contributed by atoms with Gasteiger partial charge in [-0.25, -0.2) is 8.42 Å². The zero-order valence-electron chi connectivity index (χ0n) is 17.7. The van der Waals surface area contributed by atoms with Crippen molar-refractivity contribution in [1.82, 2.24) is 10.3 Å². The molecule has 31 heavy (non-hydrogen) atoms. The molecule has 10 nitrogen and oxygen atoms in total. The highest BCUT2D eigenvalue weighted by Gasteiger charge is 2.28. The van der Waals surface area contributed by atoms with Crippen molar-refractivity contribution in [1.29, 1.82) is 0 Å². The van der Waals surface area contributed by atoms with Crippen LogP contribution in [-0.4, -0.2) is 33.0 Å². The van der Waals surface area contributed by atoms with Crippen LogP contribution in [-0.2, 0) is 10.0 Å². The number of aryl methyl sites for hydroxylation is 1. The molecule has 0 aliphatic heterocycles. The summed E-state index contributed by atoms with van der Waals surface area (Å²) >= 11 is 0. The van der Waals surface area contributed by atoms with Gasteiger partial charge in [0, 0.05) is 11.6 Å². The summed E-state index contributed by atoms with van der Waals surface area (Å²) in [6.45, 7) is 6.04. The van der Waals surface area contributed by atoms with Gasteiger partial charge in [-0.15, -0.1) is 4.83 Å². The van der Waals surface area contributed by atoms with Gasteiger partial charge in [0.05, 0.1) is 18.6 Å². The molecule has 0 aliphatic carbocycles. The molecular weight excluding hydrogens is 426 g/mol. The lowest BCUT2D eigenvalue weighted by molar-refractivity contribution is -0.387. The largest absolute Gasteiger partial charge is 0.493 e. The van der Waals surface area contributed by atoms with Gasteiger partial charge in [0.25, 0.3) is 21.6 Å². The zero-order valence-corrected chi connectivity index (χ0v) is 18.5. The van der Waals surface area contributed by atoms with Crippen LogP contribution in [0.15, 0.2) is 41.3 Å². The molecule has 0 heterocycles. The number of carbonyl (C=O) groups is 1. The molecule has 1 amide bonds. The van der Waals surface area contributed by atoms with Crippen LogP contribution in [0.4, 0.5) is 5.69 Å². The second-order valence-electron chi connectivity index (χ2n) is 7.14. The second kappa shape index (κ2) is 10.2. The quantitative estimate of drug-likeness (QED) is 0.418. The third-order valence-corrected chi connectivity index (χ3v) is 5.77. The van der Waals surface area contributed by atoms with Gasteiger partial charge in [-0.1, -0.05) is 26.0 Å². The van der Waals surface area contributed by atoms with Crippen molar-refractivity contribution < 1.29 is 27.6 Å². The number of methoxy groups -OCH3 is 1. The summed E-state index contributed by atoms with van der Waals surface area (Å²) in [6, 6.07) is 8.28. The average molecular weight is 452 g/mol. The van der Waals surface area contributed by atoms with Crippen molar-refractivity contribution in [3.8, 4) is 11.5 Å². The van der Waals surface area contributed by atoms with E-state index >= 15 is 0 Å². The zero-order chi connectivity index (χ0) is 23.2. The first-order valence-corrected chi connectivity index (χ1v) is 10.9. The number of nitro groups is 1. The molecule has 0 unspecified atom stereocenters. The topological polar surface area (TPSA) is 137 Å². The molecule has 0 radical (unpaired) electrons. The monoisotopic (exact) mass is 451 g/mol. The van der Waals surface area contributed by atoms with Crippen LogP contribution >= 0.6 is 0 Å². The molecule has 0 saturated carbocycles. The highest BCUT2D eigenvalue weighted by atomic mass is 32.2. The molecule has 11 heteroatoms. The first-order valence-electron chi connectivity index (χ1n) is 9.43. The van der Waals surface area contributed by atoms with Crippen molar-refractivity contribution in [2.24, 2.45) is 5.92 Å². The molecule has 0 aliphatic rings. The fourth-order valence-electron chi connectivity index (χ4n) is 2.70. The van der Waals surface area contributed by atoms with Crippen molar-refractivity contribution in [2.45, 2.75) is 32.1 Å². The maximum Gasteiger partial charge on any atom is 0.289 e. The molecule has 2 rings (SSSR count). The second-order valence-corrected chi connectivity index (χ2v) is 8.76. The summed E-state index contributed by atoms with van der Waals surface area (Å²) in [6.07, 6.45) is 0.845. The molecule has 0 aromatic heterocycles. The fourth-order valence-corrected chi connectivity index (χ4v) is 3.94. The van der Waals surface area contributed by atoms with Crippen molar-refractivity contribution in [2.75, 3.05) is 13.7 Å². The lowest BCUT2D eigenvalue weighted by Crippen LogP contribution is -2.42. The van der Waals surface area contributed by atoms with Crippen LogP contribution in [0.5, 0.6) is 11.5 Å². The number of nitrogens with zero attached hydrogens (tertiary/aromatic N) is 1. The van der Waals surface area contributed by atoms with Crippen molar-refractivity contribution >= 4 is 21.6 Å². The number of hydrogen-bond donors (Lipinski definition) is 2. The Hall–Kier alpha value is -3.18. The van der Waals surface area contributed by atoms with Crippen LogP contribution in [0.3, 0.4) is 0 Å². The van der Waals surface area contributed by atoms with Crippen LogP contribution in [0.1, 0.15) is 36.2 Å². The smallest absolute Gasteiger partial charge is 0.289 e. The van der Waals surface area contributed by atoms with Crippen molar-refractivity contribution in [3.05, 3.63) is 57.6 Å². The Morgan fingerprint density at radius 2 is 1.90 bits per heavy atom. The van der Waals surface area contributed by atoms with E-state index < -0.39 is 31.4 Å². The van der Waals surface area contributed by atoms with Crippen molar-refractivity contribution in [3.63, 3.8) is 0 Å². The highest BCUT2D eigenvalue weighted by Crippen LogP contribution is 2.29. The average Bonchev–Trinajstić information content (AvgIpc) is 2.71. The summed E-state index contributed by atoms with van der Waals surface area (Å²) in [7, 11) is -2.97. The SMILES string of the molecule is COc1cc(C(=O)NNS(=O)(=O)c2c(C)cccc2[N+](=O)[O-])ccc1OCCC(C)C. The Balaban J connectivity index is 2.16. The Bertz CT molecular complexity index is 1070. The van der Waals surface area contributed by atoms with Gasteiger partial charge in [-0.2, -0.15) is 0 Å². The van der Waals surface area contributed by atoms with Gasteiger partial charge >= 0.3 is 0 Å². The number of rotatable bonds is 10. The first kappa shape index (κ1) is 24.1. The van der Waals surface area contributed by atoms with Gasteiger partial charge in [-0.05, 0) is 43.0 Å². The van der Waals surface area contributed by atoms with Crippen LogP contribution in [0.2, 0.25) is 0 Å². The minimum atomic E-state index is -4.39. The van der Waals surface area contributed by atoms with E-state index in [1.54, 1.807) is 6.07 Å². The summed E-state index contributed by atoms with van der Waals surface area (Å²) in [5.74, 6) is 0.463. The summed E-state index contributed by atoms with van der Waals surface area (Å²) in [4.78, 5) is 24.2. The number of amides is 1. The Kier molecular flexibility index (Phi) is 7.95. The normalized spacial score (nSPS) is 11.3. The third-order valence-electron chi connectivity index (χ3n) is 4.33. The summed E-state index contributed by atoms with van der Waals surface area (Å²) in [5, 5.41) is 11.2. The van der Waals surface area contributed by atoms with E-state index in [1.807, 2.05) is 4.83 Å². The molecule has 2 aromatic carbocycles. The molecule has 0 saturated heterocycles. The van der Waals surface area contributed by atoms with Crippen LogP contribution in [0, 0.1) is 23.0 Å². The molecule has 0 bridgehead atoms. The minimum absolute atomic E-state index is 0.107. The van der Waals surface area contributed by atoms with E-state index in [0.717, 1.165) is 12.5 Å². The van der Waals surface area contributed by atoms with Gasteiger partial charge in [0.2, 0.25) is 0 Å². The van der Waals surface area contributed by atoms with Gasteiger partial charge < -0.3 is 9.47 Å². The van der Waals surface area contributed by atoms with Gasteiger partial charge in [0.15, 0.2) is 16.4 Å². The molecule has 2 N–H and O–H groups in total. The van der Waals surface area contributed by atoms with Crippen LogP contribution in [0.25, 0.3) is 0 Å². The lowest BCUT2D eigenvalue weighted by Gasteiger charge is -2.14. The van der Waals surface area contributed by atoms with Crippen LogP contribution < -0.4 is 19.7 Å². The molecule has 0 fully saturated rings. The predicted molar refractivity (Wildman–Crippen MR) is 114 cm³/mol. The summed E-state index contributed by atoms with van der Waals surface area (Å²) in [5.41, 5.74) is 1.75. The first-order chi connectivity index (χ1) is 14.6. The fraction of sp³-hybridized carbons (Fsp3) is 0.350. The van der Waals surface area contributed by atoms with Gasteiger partial charge in [0.1, 0.15) is 0 Å². The summed E-state index contributed by atoms with van der Waals surface area (Å²) < 4.78 is 36.1. The Morgan fingerprint density at radius 1 is 1.19 bits per heavy atom. The number of carbonyl (C=O) groups excluding carboxylic acids is 1. The lowest BCUT2D eigenvalue weighted by atomic mass is 10.1. The molecule has 0 atom stereocenters. The Morgan fingerprint density at radius 3 is 2.52 bits per heavy atom. The van der Waals surface area contributed by atoms with E-state index in [1.165, 1.54) is 38.3 Å². The highest BCUT2D eigenvalue weighted by molar-refractivity contribution is 7.89. The number of nitrogens with one attached hydrogen (secondary N) is 2. The van der Waals surface area contributed by atoms with Gasteiger partial charge in [-0.3, -0.25) is 20.3 Å². The third kappa shape index (κ3) is 6.15. The molecule has 168 valence electrons. The number of hydrazine groups is 1. The van der Waals surface area contributed by atoms with E-state index in [0.29, 0.717) is 24.0 Å².